The van der Waals surface area contributed by atoms with Crippen molar-refractivity contribution in [3.05, 3.63) is 59.4 Å². The first-order valence-corrected chi connectivity index (χ1v) is 7.79. The molecule has 1 aliphatic rings. The van der Waals surface area contributed by atoms with Gasteiger partial charge < -0.3 is 14.6 Å². The zero-order valence-electron chi connectivity index (χ0n) is 13.1. The number of aromatic nitrogens is 1. The fourth-order valence-corrected chi connectivity index (χ4v) is 3.11. The highest BCUT2D eigenvalue weighted by molar-refractivity contribution is 5.81. The molecule has 1 aromatic heterocycles. The summed E-state index contributed by atoms with van der Waals surface area (Å²) in [6.45, 7) is 3.37. The Hall–Kier alpha value is -2.56. The van der Waals surface area contributed by atoms with E-state index in [4.69, 9.17) is 5.11 Å². The van der Waals surface area contributed by atoms with Crippen LogP contribution in [-0.4, -0.2) is 33.0 Å². The number of carbonyl (C=O) groups is 2. The SMILES string of the molecule is Cc1ccc([C@@H]2c3cccn3CCN2C(=O)CCC(=O)O)cc1. The van der Waals surface area contributed by atoms with Gasteiger partial charge >= 0.3 is 5.97 Å². The predicted molar refractivity (Wildman–Crippen MR) is 86.0 cm³/mol. The summed E-state index contributed by atoms with van der Waals surface area (Å²) in [5.74, 6) is -1.05. The molecule has 0 unspecified atom stereocenters. The Morgan fingerprint density at radius 3 is 2.57 bits per heavy atom. The van der Waals surface area contributed by atoms with Crippen molar-refractivity contribution in [1.29, 1.82) is 0 Å². The van der Waals surface area contributed by atoms with E-state index in [0.717, 1.165) is 17.8 Å². The maximum atomic E-state index is 12.5. The number of hydrogen-bond acceptors (Lipinski definition) is 2. The average Bonchev–Trinajstić information content (AvgIpc) is 3.01. The molecule has 23 heavy (non-hydrogen) atoms. The van der Waals surface area contributed by atoms with Gasteiger partial charge in [0.25, 0.3) is 0 Å². The Morgan fingerprint density at radius 1 is 1.13 bits per heavy atom. The first kappa shape index (κ1) is 15.3. The lowest BCUT2D eigenvalue weighted by atomic mass is 9.98. The lowest BCUT2D eigenvalue weighted by molar-refractivity contribution is -0.141. The molecule has 0 aliphatic carbocycles. The summed E-state index contributed by atoms with van der Waals surface area (Å²) < 4.78 is 2.16. The van der Waals surface area contributed by atoms with Crippen molar-refractivity contribution in [3.63, 3.8) is 0 Å². The highest BCUT2D eigenvalue weighted by Gasteiger charge is 2.31. The Kier molecular flexibility index (Phi) is 4.19. The minimum atomic E-state index is -0.939. The van der Waals surface area contributed by atoms with Gasteiger partial charge in [-0.2, -0.15) is 0 Å². The Labute approximate surface area is 135 Å². The number of fused-ring (bicyclic) bond motifs is 1. The molecule has 0 saturated carbocycles. The van der Waals surface area contributed by atoms with Crippen LogP contribution in [0.1, 0.15) is 35.7 Å². The molecule has 3 rings (SSSR count). The summed E-state index contributed by atoms with van der Waals surface area (Å²) in [4.78, 5) is 25.1. The minimum absolute atomic E-state index is 0.0401. The van der Waals surface area contributed by atoms with Crippen LogP contribution >= 0.6 is 0 Å². The van der Waals surface area contributed by atoms with E-state index >= 15 is 0 Å². The molecule has 120 valence electrons. The van der Waals surface area contributed by atoms with Gasteiger partial charge in [0.05, 0.1) is 12.5 Å². The van der Waals surface area contributed by atoms with Crippen LogP contribution in [0.4, 0.5) is 0 Å². The topological polar surface area (TPSA) is 62.5 Å². The standard InChI is InChI=1S/C18H20N2O3/c1-13-4-6-14(7-5-13)18-15-3-2-10-19(15)11-12-20(18)16(21)8-9-17(22)23/h2-7,10,18H,8-9,11-12H2,1H3,(H,22,23)/t18-/m1/s1. The number of carboxylic acids is 1. The third-order valence-electron chi connectivity index (χ3n) is 4.30. The average molecular weight is 312 g/mol. The fraction of sp³-hybridized carbons (Fsp3) is 0.333. The monoisotopic (exact) mass is 312 g/mol. The summed E-state index contributed by atoms with van der Waals surface area (Å²) in [5, 5.41) is 8.82. The van der Waals surface area contributed by atoms with Crippen LogP contribution in [0.15, 0.2) is 42.6 Å². The summed E-state index contributed by atoms with van der Waals surface area (Å²) in [5.41, 5.74) is 3.30. The van der Waals surface area contributed by atoms with Gasteiger partial charge in [0.1, 0.15) is 0 Å². The lowest BCUT2D eigenvalue weighted by Crippen LogP contribution is -2.42. The van der Waals surface area contributed by atoms with E-state index in [-0.39, 0.29) is 24.8 Å². The number of rotatable bonds is 4. The quantitative estimate of drug-likeness (QED) is 0.944. The van der Waals surface area contributed by atoms with Crippen molar-refractivity contribution in [3.8, 4) is 0 Å². The van der Waals surface area contributed by atoms with Crippen LogP contribution in [0.2, 0.25) is 0 Å². The number of hydrogen-bond donors (Lipinski definition) is 1. The smallest absolute Gasteiger partial charge is 0.303 e. The highest BCUT2D eigenvalue weighted by Crippen LogP contribution is 2.33. The minimum Gasteiger partial charge on any atom is -0.481 e. The Morgan fingerprint density at radius 2 is 1.87 bits per heavy atom. The third kappa shape index (κ3) is 3.13. The van der Waals surface area contributed by atoms with Crippen molar-refractivity contribution < 1.29 is 14.7 Å². The number of nitrogens with zero attached hydrogens (tertiary/aromatic N) is 2. The number of aliphatic carboxylic acids is 1. The summed E-state index contributed by atoms with van der Waals surface area (Å²) in [6.07, 6.45) is 1.94. The molecule has 2 heterocycles. The molecule has 0 radical (unpaired) electrons. The summed E-state index contributed by atoms with van der Waals surface area (Å²) in [7, 11) is 0. The molecule has 0 saturated heterocycles. The van der Waals surface area contributed by atoms with Gasteiger partial charge in [0.2, 0.25) is 5.91 Å². The van der Waals surface area contributed by atoms with E-state index in [0.29, 0.717) is 6.54 Å². The van der Waals surface area contributed by atoms with Gasteiger partial charge in [-0.15, -0.1) is 0 Å². The number of carbonyl (C=O) groups excluding carboxylic acids is 1. The van der Waals surface area contributed by atoms with Crippen LogP contribution < -0.4 is 0 Å². The number of aryl methyl sites for hydroxylation is 1. The van der Waals surface area contributed by atoms with Crippen LogP contribution in [-0.2, 0) is 16.1 Å². The van der Waals surface area contributed by atoms with E-state index in [1.165, 1.54) is 5.56 Å². The Bertz CT molecular complexity index is 718. The number of benzene rings is 1. The molecule has 1 aromatic carbocycles. The highest BCUT2D eigenvalue weighted by atomic mass is 16.4. The van der Waals surface area contributed by atoms with Crippen molar-refractivity contribution in [2.45, 2.75) is 32.4 Å². The van der Waals surface area contributed by atoms with Gasteiger partial charge in [-0.1, -0.05) is 29.8 Å². The van der Waals surface area contributed by atoms with Crippen molar-refractivity contribution >= 4 is 11.9 Å². The van der Waals surface area contributed by atoms with Gasteiger partial charge in [-0.3, -0.25) is 9.59 Å². The fourth-order valence-electron chi connectivity index (χ4n) is 3.11. The molecule has 2 aromatic rings. The molecule has 0 fully saturated rings. The van der Waals surface area contributed by atoms with Gasteiger partial charge in [0, 0.05) is 31.4 Å². The number of carboxylic acid groups (broad SMARTS) is 1. The van der Waals surface area contributed by atoms with E-state index in [1.54, 1.807) is 0 Å². The first-order valence-electron chi connectivity index (χ1n) is 7.79. The van der Waals surface area contributed by atoms with Gasteiger partial charge in [-0.05, 0) is 24.6 Å². The second-order valence-electron chi connectivity index (χ2n) is 5.92. The van der Waals surface area contributed by atoms with E-state index in [2.05, 4.69) is 4.57 Å². The lowest BCUT2D eigenvalue weighted by Gasteiger charge is -2.37. The molecular weight excluding hydrogens is 292 g/mol. The van der Waals surface area contributed by atoms with Crippen molar-refractivity contribution in [1.82, 2.24) is 9.47 Å². The maximum Gasteiger partial charge on any atom is 0.303 e. The van der Waals surface area contributed by atoms with Gasteiger partial charge in [0.15, 0.2) is 0 Å². The van der Waals surface area contributed by atoms with E-state index < -0.39 is 5.97 Å². The van der Waals surface area contributed by atoms with Crippen LogP contribution in [0, 0.1) is 6.92 Å². The van der Waals surface area contributed by atoms with E-state index in [9.17, 15) is 9.59 Å². The predicted octanol–water partition coefficient (Wildman–Crippen LogP) is 2.59. The van der Waals surface area contributed by atoms with Crippen molar-refractivity contribution in [2.24, 2.45) is 0 Å². The molecule has 5 nitrogen and oxygen atoms in total. The summed E-state index contributed by atoms with van der Waals surface area (Å²) >= 11 is 0. The Balaban J connectivity index is 1.93. The van der Waals surface area contributed by atoms with Crippen LogP contribution in [0.5, 0.6) is 0 Å². The maximum absolute atomic E-state index is 12.5. The molecule has 1 atom stereocenters. The molecule has 1 aliphatic heterocycles. The molecule has 0 spiro atoms. The zero-order chi connectivity index (χ0) is 16.4. The zero-order valence-corrected chi connectivity index (χ0v) is 13.1. The molecule has 0 bridgehead atoms. The second-order valence-corrected chi connectivity index (χ2v) is 5.92. The largest absolute Gasteiger partial charge is 0.481 e. The summed E-state index contributed by atoms with van der Waals surface area (Å²) in [6, 6.07) is 12.0. The van der Waals surface area contributed by atoms with Gasteiger partial charge in [-0.25, -0.2) is 0 Å². The molecule has 1 amide bonds. The third-order valence-corrected chi connectivity index (χ3v) is 4.30. The van der Waals surface area contributed by atoms with Crippen LogP contribution in [0.3, 0.4) is 0 Å². The second kappa shape index (κ2) is 6.28. The molecule has 5 heteroatoms. The molecule has 1 N–H and O–H groups in total. The first-order chi connectivity index (χ1) is 11.1. The van der Waals surface area contributed by atoms with Crippen LogP contribution in [0.25, 0.3) is 0 Å². The van der Waals surface area contributed by atoms with Crippen molar-refractivity contribution in [2.75, 3.05) is 6.54 Å². The molecular formula is C18H20N2O3. The normalized spacial score (nSPS) is 16.9. The van der Waals surface area contributed by atoms with E-state index in [1.807, 2.05) is 54.4 Å². The number of amides is 1.